The lowest BCUT2D eigenvalue weighted by Crippen LogP contribution is -2.24. The number of aliphatic imine (C=N–C) groups is 1. The number of amides is 1. The van der Waals surface area contributed by atoms with Crippen LogP contribution in [0, 0.1) is 0 Å². The predicted octanol–water partition coefficient (Wildman–Crippen LogP) is 4.85. The van der Waals surface area contributed by atoms with E-state index in [1.807, 2.05) is 24.3 Å². The van der Waals surface area contributed by atoms with Gasteiger partial charge in [0.05, 0.1) is 6.54 Å². The number of hydrogen-bond acceptors (Lipinski definition) is 4. The smallest absolute Gasteiger partial charge is 0.246 e. The molecule has 0 saturated heterocycles. The average Bonchev–Trinajstić information content (AvgIpc) is 3.26. The van der Waals surface area contributed by atoms with E-state index in [-0.39, 0.29) is 11.7 Å². The molecule has 0 unspecified atom stereocenters. The van der Waals surface area contributed by atoms with Crippen LogP contribution in [-0.2, 0) is 9.53 Å². The van der Waals surface area contributed by atoms with E-state index >= 15 is 0 Å². The quantitative estimate of drug-likeness (QED) is 0.277. The first-order chi connectivity index (χ1) is 14.1. The van der Waals surface area contributed by atoms with Gasteiger partial charge in [-0.3, -0.25) is 9.59 Å². The summed E-state index contributed by atoms with van der Waals surface area (Å²) in [6, 6.07) is 7.59. The summed E-state index contributed by atoms with van der Waals surface area (Å²) in [5, 5.41) is 2.86. The van der Waals surface area contributed by atoms with Crippen molar-refractivity contribution in [2.24, 2.45) is 4.99 Å². The maximum Gasteiger partial charge on any atom is 0.246 e. The highest BCUT2D eigenvalue weighted by molar-refractivity contribution is 5.99. The van der Waals surface area contributed by atoms with Crippen LogP contribution < -0.4 is 5.32 Å². The number of hydrogen-bond donors (Lipinski definition) is 1. The second-order valence-corrected chi connectivity index (χ2v) is 7.65. The van der Waals surface area contributed by atoms with E-state index < -0.39 is 0 Å². The molecular formula is C24H34N2O3. The van der Waals surface area contributed by atoms with Gasteiger partial charge in [-0.25, -0.2) is 4.99 Å². The average molecular weight is 399 g/mol. The van der Waals surface area contributed by atoms with Crippen LogP contribution in [0.25, 0.3) is 0 Å². The normalized spacial score (nSPS) is 12.9. The zero-order chi connectivity index (χ0) is 20.9. The van der Waals surface area contributed by atoms with Gasteiger partial charge in [0.25, 0.3) is 0 Å². The molecular weight excluding hydrogens is 364 g/mol. The van der Waals surface area contributed by atoms with Gasteiger partial charge in [0.2, 0.25) is 11.8 Å². The Morgan fingerprint density at radius 1 is 1.00 bits per heavy atom. The van der Waals surface area contributed by atoms with Crippen molar-refractivity contribution in [3.63, 3.8) is 0 Å². The Morgan fingerprint density at radius 3 is 2.21 bits per heavy atom. The van der Waals surface area contributed by atoms with Crippen molar-refractivity contribution in [1.29, 1.82) is 0 Å². The topological polar surface area (TPSA) is 67.8 Å². The molecule has 1 N–H and O–H groups in total. The molecule has 5 heteroatoms. The van der Waals surface area contributed by atoms with Crippen LogP contribution in [0.4, 0.5) is 0 Å². The van der Waals surface area contributed by atoms with E-state index in [4.69, 9.17) is 4.74 Å². The lowest BCUT2D eigenvalue weighted by atomic mass is 10.0. The van der Waals surface area contributed by atoms with Crippen LogP contribution in [0.1, 0.15) is 80.6 Å². The van der Waals surface area contributed by atoms with Gasteiger partial charge in [-0.2, -0.15) is 0 Å². The molecule has 1 aromatic carbocycles. The van der Waals surface area contributed by atoms with Gasteiger partial charge in [-0.15, -0.1) is 0 Å². The Labute approximate surface area is 174 Å². The van der Waals surface area contributed by atoms with Crippen molar-refractivity contribution < 1.29 is 14.3 Å². The molecule has 0 aliphatic carbocycles. The Morgan fingerprint density at radius 2 is 1.62 bits per heavy atom. The number of ether oxygens (including phenoxy) is 1. The third-order valence-corrected chi connectivity index (χ3v) is 5.04. The highest BCUT2D eigenvalue weighted by Gasteiger charge is 2.11. The first kappa shape index (κ1) is 22.9. The Kier molecular flexibility index (Phi) is 10.2. The Hall–Kier alpha value is -2.43. The van der Waals surface area contributed by atoms with Gasteiger partial charge < -0.3 is 10.1 Å². The molecule has 1 aliphatic heterocycles. The van der Waals surface area contributed by atoms with Gasteiger partial charge in [-0.1, -0.05) is 57.2 Å². The van der Waals surface area contributed by atoms with E-state index in [1.165, 1.54) is 25.7 Å². The monoisotopic (exact) mass is 398 g/mol. The molecule has 1 amide bonds. The summed E-state index contributed by atoms with van der Waals surface area (Å²) in [5.41, 5.74) is 2.28. The fourth-order valence-corrected chi connectivity index (χ4v) is 3.28. The van der Waals surface area contributed by atoms with Crippen molar-refractivity contribution in [2.75, 3.05) is 19.7 Å². The molecule has 29 heavy (non-hydrogen) atoms. The largest absolute Gasteiger partial charge is 0.476 e. The molecule has 0 fully saturated rings. The molecule has 0 bridgehead atoms. The summed E-state index contributed by atoms with van der Waals surface area (Å²) in [4.78, 5) is 27.9. The number of nitrogens with zero attached hydrogens (tertiary/aromatic N) is 1. The number of benzene rings is 1. The third-order valence-electron chi connectivity index (χ3n) is 5.04. The van der Waals surface area contributed by atoms with E-state index in [2.05, 4.69) is 16.9 Å². The summed E-state index contributed by atoms with van der Waals surface area (Å²) in [6.45, 7) is 7.43. The van der Waals surface area contributed by atoms with Gasteiger partial charge in [0.15, 0.2) is 5.78 Å². The van der Waals surface area contributed by atoms with Crippen LogP contribution in [-0.4, -0.2) is 37.3 Å². The van der Waals surface area contributed by atoms with Crippen molar-refractivity contribution in [1.82, 2.24) is 5.32 Å². The number of carbonyl (C=O) groups is 2. The van der Waals surface area contributed by atoms with Gasteiger partial charge in [0.1, 0.15) is 6.61 Å². The number of ketones is 1. The van der Waals surface area contributed by atoms with Crippen molar-refractivity contribution in [2.45, 2.75) is 64.7 Å². The number of nitrogens with one attached hydrogen (secondary N) is 1. The maximum atomic E-state index is 12.3. The Bertz CT molecular complexity index is 707. The maximum absolute atomic E-state index is 12.3. The first-order valence-corrected chi connectivity index (χ1v) is 10.8. The minimum absolute atomic E-state index is 0.0484. The van der Waals surface area contributed by atoms with Crippen LogP contribution in [0.15, 0.2) is 41.4 Å². The highest BCUT2D eigenvalue weighted by atomic mass is 16.5. The summed E-state index contributed by atoms with van der Waals surface area (Å²) >= 11 is 0. The predicted molar refractivity (Wildman–Crippen MR) is 118 cm³/mol. The van der Waals surface area contributed by atoms with Crippen molar-refractivity contribution in [3.8, 4) is 0 Å². The van der Waals surface area contributed by atoms with Gasteiger partial charge in [0, 0.05) is 29.7 Å². The number of unbranched alkanes of at least 4 members (excludes halogenated alkanes) is 7. The van der Waals surface area contributed by atoms with E-state index in [0.717, 1.165) is 43.4 Å². The molecule has 158 valence electrons. The molecule has 0 aromatic heterocycles. The van der Waals surface area contributed by atoms with Crippen LogP contribution in [0.3, 0.4) is 0 Å². The fraction of sp³-hybridized carbons (Fsp3) is 0.542. The summed E-state index contributed by atoms with van der Waals surface area (Å²) < 4.78 is 5.44. The standard InChI is InChI=1S/C24H34N2O3/c1-19(2)23(28)25-16-10-8-6-4-3-5-7-9-11-22(27)20-12-14-21(15-13-20)24-26-17-18-29-24/h12-15H,1,3-11,16-18H2,2H3,(H,25,28). The second kappa shape index (κ2) is 12.9. The number of rotatable bonds is 14. The lowest BCUT2D eigenvalue weighted by molar-refractivity contribution is -0.117. The summed E-state index contributed by atoms with van der Waals surface area (Å²) in [5.74, 6) is 0.843. The van der Waals surface area contributed by atoms with E-state index in [0.29, 0.717) is 31.0 Å². The zero-order valence-electron chi connectivity index (χ0n) is 17.7. The van der Waals surface area contributed by atoms with E-state index in [9.17, 15) is 9.59 Å². The van der Waals surface area contributed by atoms with Gasteiger partial charge in [-0.05, 0) is 31.9 Å². The molecule has 2 rings (SSSR count). The Balaban J connectivity index is 1.46. The van der Waals surface area contributed by atoms with E-state index in [1.54, 1.807) is 6.92 Å². The van der Waals surface area contributed by atoms with Crippen molar-refractivity contribution >= 4 is 17.6 Å². The van der Waals surface area contributed by atoms with Gasteiger partial charge >= 0.3 is 0 Å². The molecule has 1 aliphatic rings. The van der Waals surface area contributed by atoms with Crippen LogP contribution in [0.5, 0.6) is 0 Å². The molecule has 0 spiro atoms. The third kappa shape index (κ3) is 8.63. The molecule has 1 heterocycles. The first-order valence-electron chi connectivity index (χ1n) is 10.8. The van der Waals surface area contributed by atoms with Crippen molar-refractivity contribution in [3.05, 3.63) is 47.5 Å². The second-order valence-electron chi connectivity index (χ2n) is 7.65. The molecule has 0 atom stereocenters. The number of carbonyl (C=O) groups excluding carboxylic acids is 2. The minimum atomic E-state index is -0.0484. The summed E-state index contributed by atoms with van der Waals surface area (Å²) in [6.07, 6.45) is 9.62. The molecule has 0 radical (unpaired) electrons. The summed E-state index contributed by atoms with van der Waals surface area (Å²) in [7, 11) is 0. The van der Waals surface area contributed by atoms with Crippen LogP contribution >= 0.6 is 0 Å². The molecule has 1 aromatic rings. The van der Waals surface area contributed by atoms with Crippen LogP contribution in [0.2, 0.25) is 0 Å². The highest BCUT2D eigenvalue weighted by Crippen LogP contribution is 2.14. The number of Topliss-reactive ketones (excluding diaryl/α,β-unsaturated/α-hetero) is 1. The zero-order valence-corrected chi connectivity index (χ0v) is 17.7. The SMILES string of the molecule is C=C(C)C(=O)NCCCCCCCCCCC(=O)c1ccc(C2=NCCO2)cc1. The lowest BCUT2D eigenvalue weighted by Gasteiger charge is -2.05. The molecule has 5 nitrogen and oxygen atoms in total. The fourth-order valence-electron chi connectivity index (χ4n) is 3.28. The minimum Gasteiger partial charge on any atom is -0.476 e. The molecule has 0 saturated carbocycles.